The maximum atomic E-state index is 13.3. The zero-order chi connectivity index (χ0) is 20.0. The van der Waals surface area contributed by atoms with Gasteiger partial charge >= 0.3 is 0 Å². The molecule has 1 aromatic carbocycles. The van der Waals surface area contributed by atoms with E-state index in [9.17, 15) is 9.59 Å². The van der Waals surface area contributed by atoms with Crippen LogP contribution in [-0.2, 0) is 16.1 Å². The molecule has 3 N–H and O–H groups in total. The maximum absolute atomic E-state index is 13.3. The third-order valence-corrected chi connectivity index (χ3v) is 8.04. The molecule has 1 heterocycles. The van der Waals surface area contributed by atoms with Gasteiger partial charge in [0.25, 0.3) is 0 Å². The van der Waals surface area contributed by atoms with Crippen LogP contribution >= 0.6 is 15.9 Å². The van der Waals surface area contributed by atoms with Crippen molar-refractivity contribution in [2.24, 2.45) is 29.1 Å². The highest BCUT2D eigenvalue weighted by Crippen LogP contribution is 2.72. The van der Waals surface area contributed by atoms with Crippen LogP contribution in [0.3, 0.4) is 0 Å². The Balaban J connectivity index is 1.31. The Kier molecular flexibility index (Phi) is 5.03. The smallest absolute Gasteiger partial charge is 0.224 e. The van der Waals surface area contributed by atoms with E-state index in [4.69, 9.17) is 0 Å². The van der Waals surface area contributed by atoms with Gasteiger partial charge in [-0.05, 0) is 73.7 Å². The number of hydrogen-bond acceptors (Lipinski definition) is 3. The molecule has 0 unspecified atom stereocenters. The summed E-state index contributed by atoms with van der Waals surface area (Å²) in [6.45, 7) is 2.39. The van der Waals surface area contributed by atoms with Gasteiger partial charge in [0.15, 0.2) is 0 Å². The Labute approximate surface area is 180 Å². The molecule has 3 aliphatic carbocycles. The molecule has 3 fully saturated rings. The summed E-state index contributed by atoms with van der Waals surface area (Å²) < 4.78 is 1.02. The van der Waals surface area contributed by atoms with Crippen molar-refractivity contribution >= 4 is 27.7 Å². The van der Waals surface area contributed by atoms with Gasteiger partial charge in [0.05, 0.1) is 11.8 Å². The second-order valence-electron chi connectivity index (χ2n) is 9.10. The Morgan fingerprint density at radius 1 is 1.00 bits per heavy atom. The minimum atomic E-state index is -0.246. The van der Waals surface area contributed by atoms with Crippen LogP contribution in [0.1, 0.15) is 31.2 Å². The van der Waals surface area contributed by atoms with E-state index in [0.29, 0.717) is 6.54 Å². The van der Waals surface area contributed by atoms with Crippen LogP contribution in [0.15, 0.2) is 40.9 Å². The normalized spacial score (nSPS) is 31.8. The standard InChI is InChI=1S/C23H28BrN3O2/c24-15-3-1-14(2-4-15)13-26-21(28)19-17-5-6-18(23(17)9-10-23)20(19)22(29)27-16-7-11-25-12-8-16/h1-6,16-20,25H,7-13H2,(H,26,28)(H,27,29)/t17-,18+,19+,20+/m0/s1. The van der Waals surface area contributed by atoms with Crippen molar-refractivity contribution in [1.82, 2.24) is 16.0 Å². The zero-order valence-corrected chi connectivity index (χ0v) is 18.1. The molecule has 2 amide bonds. The number of allylic oxidation sites excluding steroid dienone is 2. The first kappa shape index (κ1) is 19.3. The topological polar surface area (TPSA) is 70.2 Å². The second-order valence-corrected chi connectivity index (χ2v) is 10.0. The number of amides is 2. The zero-order valence-electron chi connectivity index (χ0n) is 16.5. The molecule has 2 saturated carbocycles. The number of hydrogen-bond donors (Lipinski definition) is 3. The van der Waals surface area contributed by atoms with Crippen molar-refractivity contribution in [2.45, 2.75) is 38.3 Å². The van der Waals surface area contributed by atoms with Crippen LogP contribution in [0.5, 0.6) is 0 Å². The Morgan fingerprint density at radius 2 is 1.62 bits per heavy atom. The van der Waals surface area contributed by atoms with Crippen molar-refractivity contribution in [3.63, 3.8) is 0 Å². The first-order valence-electron chi connectivity index (χ1n) is 10.8. The quantitative estimate of drug-likeness (QED) is 0.595. The van der Waals surface area contributed by atoms with E-state index < -0.39 is 0 Å². The van der Waals surface area contributed by atoms with Crippen LogP contribution in [-0.4, -0.2) is 30.9 Å². The highest BCUT2D eigenvalue weighted by Gasteiger charge is 2.69. The molecule has 0 aromatic heterocycles. The van der Waals surface area contributed by atoms with Gasteiger partial charge in [-0.15, -0.1) is 0 Å². The average molecular weight is 458 g/mol. The van der Waals surface area contributed by atoms with Gasteiger partial charge in [-0.3, -0.25) is 9.59 Å². The number of nitrogens with one attached hydrogen (secondary N) is 3. The summed E-state index contributed by atoms with van der Waals surface area (Å²) in [6.07, 6.45) is 8.66. The molecule has 4 atom stereocenters. The fraction of sp³-hybridized carbons (Fsp3) is 0.565. The number of rotatable bonds is 5. The highest BCUT2D eigenvalue weighted by molar-refractivity contribution is 9.10. The Hall–Kier alpha value is -1.66. The van der Waals surface area contributed by atoms with Crippen molar-refractivity contribution in [1.29, 1.82) is 0 Å². The van der Waals surface area contributed by atoms with Crippen molar-refractivity contribution in [3.05, 3.63) is 46.5 Å². The number of carbonyl (C=O) groups is 2. The molecular formula is C23H28BrN3O2. The lowest BCUT2D eigenvalue weighted by Gasteiger charge is -2.30. The summed E-state index contributed by atoms with van der Waals surface area (Å²) in [4.78, 5) is 26.5. The molecule has 4 aliphatic rings. The predicted octanol–water partition coefficient (Wildman–Crippen LogP) is 2.76. The monoisotopic (exact) mass is 457 g/mol. The summed E-state index contributed by atoms with van der Waals surface area (Å²) in [6, 6.07) is 8.21. The number of piperidine rings is 1. The Morgan fingerprint density at radius 3 is 2.24 bits per heavy atom. The third kappa shape index (κ3) is 3.44. The molecule has 6 heteroatoms. The summed E-state index contributed by atoms with van der Waals surface area (Å²) in [5.41, 5.74) is 1.24. The molecule has 5 nitrogen and oxygen atoms in total. The predicted molar refractivity (Wildman–Crippen MR) is 115 cm³/mol. The van der Waals surface area contributed by atoms with E-state index >= 15 is 0 Å². The third-order valence-electron chi connectivity index (χ3n) is 7.51. The molecule has 1 spiro atoms. The SMILES string of the molecule is O=C(NC1CCNCC1)[C@H]1[C@H](C(=O)NCc2ccc(Br)cc2)[C@@H]2C=C[C@H]1C21CC1. The lowest BCUT2D eigenvalue weighted by molar-refractivity contribution is -0.136. The minimum absolute atomic E-state index is 0.0292. The van der Waals surface area contributed by atoms with Crippen LogP contribution in [0.2, 0.25) is 0 Å². The van der Waals surface area contributed by atoms with Crippen LogP contribution in [0, 0.1) is 29.1 Å². The fourth-order valence-corrected chi connectivity index (χ4v) is 6.15. The molecule has 1 aliphatic heterocycles. The number of benzene rings is 1. The molecule has 1 aromatic rings. The maximum Gasteiger partial charge on any atom is 0.224 e. The number of halogens is 1. The van der Waals surface area contributed by atoms with Gasteiger partial charge in [-0.1, -0.05) is 40.2 Å². The highest BCUT2D eigenvalue weighted by atomic mass is 79.9. The fourth-order valence-electron chi connectivity index (χ4n) is 5.88. The molecule has 0 radical (unpaired) electrons. The van der Waals surface area contributed by atoms with Crippen LogP contribution in [0.4, 0.5) is 0 Å². The molecule has 5 rings (SSSR count). The molecule has 154 valence electrons. The van der Waals surface area contributed by atoms with Gasteiger partial charge < -0.3 is 16.0 Å². The first-order valence-corrected chi connectivity index (χ1v) is 11.6. The van der Waals surface area contributed by atoms with E-state index in [1.807, 2.05) is 24.3 Å². The molecule has 29 heavy (non-hydrogen) atoms. The lowest BCUT2D eigenvalue weighted by Crippen LogP contribution is -2.49. The summed E-state index contributed by atoms with van der Waals surface area (Å²) in [5, 5.41) is 9.74. The van der Waals surface area contributed by atoms with Crippen molar-refractivity contribution in [2.75, 3.05) is 13.1 Å². The van der Waals surface area contributed by atoms with Gasteiger partial charge in [-0.25, -0.2) is 0 Å². The molecule has 1 saturated heterocycles. The van der Waals surface area contributed by atoms with Gasteiger partial charge in [0, 0.05) is 17.1 Å². The number of carbonyl (C=O) groups excluding carboxylic acids is 2. The van der Waals surface area contributed by atoms with Gasteiger partial charge in [0.1, 0.15) is 0 Å². The van der Waals surface area contributed by atoms with Crippen LogP contribution < -0.4 is 16.0 Å². The second kappa shape index (κ2) is 7.55. The van der Waals surface area contributed by atoms with Gasteiger partial charge in [0.2, 0.25) is 11.8 Å². The van der Waals surface area contributed by atoms with E-state index in [2.05, 4.69) is 44.0 Å². The van der Waals surface area contributed by atoms with E-state index in [0.717, 1.165) is 48.8 Å². The summed E-state index contributed by atoms with van der Waals surface area (Å²) in [5.74, 6) is 0.0705. The molecule has 2 bridgehead atoms. The summed E-state index contributed by atoms with van der Waals surface area (Å²) in [7, 11) is 0. The van der Waals surface area contributed by atoms with Crippen LogP contribution in [0.25, 0.3) is 0 Å². The largest absolute Gasteiger partial charge is 0.353 e. The minimum Gasteiger partial charge on any atom is -0.353 e. The lowest BCUT2D eigenvalue weighted by atomic mass is 9.81. The molecular weight excluding hydrogens is 430 g/mol. The van der Waals surface area contributed by atoms with E-state index in [1.165, 1.54) is 0 Å². The van der Waals surface area contributed by atoms with E-state index in [-0.39, 0.29) is 46.9 Å². The summed E-state index contributed by atoms with van der Waals surface area (Å²) >= 11 is 3.44. The average Bonchev–Trinajstić information content (AvgIpc) is 3.40. The van der Waals surface area contributed by atoms with Crippen molar-refractivity contribution < 1.29 is 9.59 Å². The first-order chi connectivity index (χ1) is 14.1. The van der Waals surface area contributed by atoms with Crippen molar-refractivity contribution in [3.8, 4) is 0 Å². The Bertz CT molecular complexity index is 827. The van der Waals surface area contributed by atoms with E-state index in [1.54, 1.807) is 0 Å². The van der Waals surface area contributed by atoms with Gasteiger partial charge in [-0.2, -0.15) is 0 Å².